The molecule has 6 nitrogen and oxygen atoms in total. The summed E-state index contributed by atoms with van der Waals surface area (Å²) in [6, 6.07) is 65.1. The van der Waals surface area contributed by atoms with E-state index in [0.717, 1.165) is 100 Å². The van der Waals surface area contributed by atoms with Crippen molar-refractivity contribution in [2.75, 3.05) is 0 Å². The van der Waals surface area contributed by atoms with E-state index in [1.807, 2.05) is 12.1 Å². The molecule has 0 radical (unpaired) electrons. The van der Waals surface area contributed by atoms with Crippen LogP contribution in [-0.4, -0.2) is 30.6 Å². The Kier molecular flexibility index (Phi) is 36.4. The molecule has 0 fully saturated rings. The maximum Gasteiger partial charge on any atom is 0.127 e. The molecule has 0 spiro atoms. The average molecular weight is 2070 g/mol. The lowest BCUT2D eigenvalue weighted by atomic mass is 9.82. The summed E-state index contributed by atoms with van der Waals surface area (Å²) in [6.07, 6.45) is 0. The van der Waals surface area contributed by atoms with Crippen LogP contribution in [0.1, 0.15) is 253 Å². The molecule has 12 rings (SSSR count). The fraction of sp³-hybridized carbons (Fsp3) is 0.363. The van der Waals surface area contributed by atoms with E-state index in [1.54, 1.807) is 0 Å². The van der Waals surface area contributed by atoms with Crippen molar-refractivity contribution in [2.24, 2.45) is 0 Å². The van der Waals surface area contributed by atoms with Gasteiger partial charge >= 0.3 is 0 Å². The number of phenols is 6. The Morgan fingerprint density at radius 1 is 0.192 bits per heavy atom. The topological polar surface area (TPSA) is 121 Å². The maximum atomic E-state index is 10.7. The van der Waals surface area contributed by atoms with Crippen molar-refractivity contribution in [3.05, 3.63) is 316 Å². The van der Waals surface area contributed by atoms with Gasteiger partial charge in [-0.3, -0.25) is 0 Å². The van der Waals surface area contributed by atoms with Gasteiger partial charge in [0.05, 0.1) is 0 Å². The van der Waals surface area contributed by atoms with Crippen molar-refractivity contribution in [1.29, 1.82) is 0 Å². The Labute approximate surface area is 801 Å². The predicted molar refractivity (Wildman–Crippen MR) is 561 cm³/mol. The molecule has 12 aromatic carbocycles. The molecular weight excluding hydrogens is 1930 g/mol. The van der Waals surface area contributed by atoms with Crippen molar-refractivity contribution >= 4 is 95.6 Å². The number of rotatable bonds is 12. The van der Waals surface area contributed by atoms with Crippen LogP contribution in [-0.2, 0) is 64.5 Å². The molecule has 0 aliphatic rings. The van der Waals surface area contributed by atoms with E-state index < -0.39 is 0 Å². The van der Waals surface area contributed by atoms with Crippen molar-refractivity contribution in [3.63, 3.8) is 0 Å². The molecule has 0 saturated carbocycles. The summed E-state index contributed by atoms with van der Waals surface area (Å²) in [6.45, 7) is 62.6. The van der Waals surface area contributed by atoms with Crippen LogP contribution in [0.25, 0.3) is 66.8 Å². The van der Waals surface area contributed by atoms with Gasteiger partial charge in [0.1, 0.15) is 34.5 Å². The number of aryl methyl sites for hydroxylation is 11. The van der Waals surface area contributed by atoms with Crippen LogP contribution in [0.15, 0.2) is 188 Å². The molecule has 125 heavy (non-hydrogen) atoms. The van der Waals surface area contributed by atoms with E-state index in [4.69, 9.17) is 0 Å². The van der Waals surface area contributed by atoms with Gasteiger partial charge in [0.2, 0.25) is 0 Å². The van der Waals surface area contributed by atoms with Crippen LogP contribution in [0, 0.1) is 76.2 Å². The second kappa shape index (κ2) is 43.6. The Hall–Kier alpha value is -7.68. The predicted octanol–water partition coefficient (Wildman–Crippen LogP) is 34.9. The Bertz CT molecular complexity index is 5560. The minimum absolute atomic E-state index is 0.0475. The normalized spacial score (nSPS) is 11.7. The molecule has 0 aliphatic carbocycles. The molecule has 666 valence electrons. The Morgan fingerprint density at radius 3 is 0.664 bits per heavy atom. The molecule has 6 N–H and O–H groups in total. The molecule has 12 heteroatoms. The van der Waals surface area contributed by atoms with Crippen molar-refractivity contribution in [3.8, 4) is 101 Å². The smallest absolute Gasteiger partial charge is 0.127 e. The molecule has 0 amide bonds. The number of hydrogen-bond donors (Lipinski definition) is 6. The third-order valence-corrected chi connectivity index (χ3v) is 26.5. The number of benzene rings is 12. The molecule has 0 bridgehead atoms. The lowest BCUT2D eigenvalue weighted by Gasteiger charge is -2.23. The highest BCUT2D eigenvalue weighted by atomic mass is 79.9. The first kappa shape index (κ1) is 104. The summed E-state index contributed by atoms with van der Waals surface area (Å²) in [5.41, 5.74) is 38.9. The van der Waals surface area contributed by atoms with Crippen LogP contribution in [0.5, 0.6) is 34.5 Å². The van der Waals surface area contributed by atoms with Crippen LogP contribution in [0.2, 0.25) is 0 Å². The number of alkyl halides is 6. The van der Waals surface area contributed by atoms with Gasteiger partial charge < -0.3 is 30.6 Å². The summed E-state index contributed by atoms with van der Waals surface area (Å²) >= 11 is 20.9. The van der Waals surface area contributed by atoms with Crippen molar-refractivity contribution < 1.29 is 30.6 Å². The van der Waals surface area contributed by atoms with E-state index in [2.05, 4.69) is 472 Å². The zero-order valence-electron chi connectivity index (χ0n) is 79.6. The fourth-order valence-corrected chi connectivity index (χ4v) is 17.9. The molecule has 0 aromatic heterocycles. The average Bonchev–Trinajstić information content (AvgIpc) is 0.791. The highest BCUT2D eigenvalue weighted by molar-refractivity contribution is 9.09. The molecule has 0 unspecified atom stereocenters. The van der Waals surface area contributed by atoms with Gasteiger partial charge in [-0.05, 0) is 245 Å². The lowest BCUT2D eigenvalue weighted by molar-refractivity contribution is 0.471. The van der Waals surface area contributed by atoms with Gasteiger partial charge in [-0.2, -0.15) is 0 Å². The van der Waals surface area contributed by atoms with Crippen LogP contribution < -0.4 is 0 Å². The van der Waals surface area contributed by atoms with Gasteiger partial charge in [0.15, 0.2) is 0 Å². The monoisotopic (exact) mass is 2060 g/mol. The molecule has 12 aromatic rings. The Morgan fingerprint density at radius 2 is 0.408 bits per heavy atom. The second-order valence-electron chi connectivity index (χ2n) is 39.9. The minimum atomic E-state index is 0.0475. The Balaban J connectivity index is 0.000000206. The van der Waals surface area contributed by atoms with Gasteiger partial charge in [0, 0.05) is 98.7 Å². The van der Waals surface area contributed by atoms with E-state index in [-0.39, 0.29) is 32.5 Å². The summed E-state index contributed by atoms with van der Waals surface area (Å²) in [7, 11) is 0. The van der Waals surface area contributed by atoms with Crippen LogP contribution in [0.3, 0.4) is 0 Å². The highest BCUT2D eigenvalue weighted by Crippen LogP contribution is 2.47. The van der Waals surface area contributed by atoms with Gasteiger partial charge in [-0.15, -0.1) is 0 Å². The second-order valence-corrected chi connectivity index (χ2v) is 43.3. The number of halogens is 6. The fourth-order valence-electron chi connectivity index (χ4n) is 15.4. The maximum absolute atomic E-state index is 10.7. The van der Waals surface area contributed by atoms with E-state index in [1.165, 1.54) is 94.6 Å². The molecule has 0 saturated heterocycles. The zero-order chi connectivity index (χ0) is 93.8. The first-order chi connectivity index (χ1) is 58.0. The molecule has 0 aliphatic heterocycles. The zero-order valence-corrected chi connectivity index (χ0v) is 89.1. The number of aromatic hydroxyl groups is 6. The van der Waals surface area contributed by atoms with Gasteiger partial charge in [0.25, 0.3) is 0 Å². The lowest BCUT2D eigenvalue weighted by Crippen LogP contribution is -2.12. The summed E-state index contributed by atoms with van der Waals surface area (Å²) in [5.74, 6) is 2.29. The van der Waals surface area contributed by atoms with Gasteiger partial charge in [-0.1, -0.05) is 400 Å². The number of hydrogen-bond acceptors (Lipinski definition) is 6. The third-order valence-electron chi connectivity index (χ3n) is 22.9. The highest BCUT2D eigenvalue weighted by Gasteiger charge is 2.28. The summed E-state index contributed by atoms with van der Waals surface area (Å²) < 4.78 is 0. The minimum Gasteiger partial charge on any atom is -0.507 e. The molecule has 0 atom stereocenters. The van der Waals surface area contributed by atoms with Crippen molar-refractivity contribution in [2.45, 2.75) is 265 Å². The molecular formula is C113H136Br6O6. The molecule has 0 heterocycles. The standard InChI is InChI=1S/C20H25BrO.3C19H23BrO.2C18H21BrO/c1-12-7-13(2)18(14(3)8-12)17-10-16(20(4,5)6)9-15(11-21)19(17)22;1-12-6-13(2)8-14(7-12)17-10-16(19(3,4)5)9-15(11-20)18(17)21;2*1-12-7-6-8-13(2)17(12)16-10-15(19(3,4)5)9-14(11-20)18(16)21;1-12-5-7-13(8-6-12)16-10-15(18(2,3)4)9-14(11-19)17(16)20;1-12-6-5-7-13(8-12)16-10-15(18(2,3)4)9-14(11-19)17(16)20/h7-10,22H,11H2,1-6H3;3*6-10,21H,11H2,1-5H3;2*5-10,20H,11H2,1-4H3. The van der Waals surface area contributed by atoms with Crippen molar-refractivity contribution in [1.82, 2.24) is 0 Å². The first-order valence-corrected chi connectivity index (χ1v) is 49.7. The van der Waals surface area contributed by atoms with E-state index in [0.29, 0.717) is 66.5 Å². The van der Waals surface area contributed by atoms with Gasteiger partial charge in [-0.25, -0.2) is 0 Å². The SMILES string of the molecule is Cc1cc(C)c(-c2cc(C(C)(C)C)cc(CBr)c2O)c(C)c1.Cc1cc(C)cc(-c2cc(C(C)(C)C)cc(CBr)c2O)c1.Cc1ccc(-c2cc(C(C)(C)C)cc(CBr)c2O)cc1.Cc1cccc(-c2cc(C(C)(C)C)cc(CBr)c2O)c1.Cc1cccc(C)c1-c1cc(C(C)(C)C)cc(CBr)c1O.Cc1cccc(C)c1-c1cc(C(C)(C)C)cc(CBr)c1O. The van der Waals surface area contributed by atoms with Crippen LogP contribution >= 0.6 is 95.6 Å². The summed E-state index contributed by atoms with van der Waals surface area (Å²) in [4.78, 5) is 0. The third kappa shape index (κ3) is 27.2. The quantitative estimate of drug-likeness (QED) is 0.0678. The van der Waals surface area contributed by atoms with E-state index in [9.17, 15) is 30.6 Å². The van der Waals surface area contributed by atoms with Crippen LogP contribution in [0.4, 0.5) is 0 Å². The largest absolute Gasteiger partial charge is 0.507 e. The number of phenolic OH excluding ortho intramolecular Hbond substituents is 6. The summed E-state index contributed by atoms with van der Waals surface area (Å²) in [5, 5.41) is 67.5. The van der Waals surface area contributed by atoms with E-state index >= 15 is 0 Å². The first-order valence-electron chi connectivity index (χ1n) is 43.0.